The maximum Gasteiger partial charge on any atom is 0.157 e. The molecule has 0 aromatic carbocycles. The molecular formula is C13H25N3S. The van der Waals surface area contributed by atoms with Crippen molar-refractivity contribution >= 4 is 16.9 Å². The first kappa shape index (κ1) is 13.2. The number of aliphatic imine (C=N–C) groups is 1. The van der Waals surface area contributed by atoms with Gasteiger partial charge in [0.15, 0.2) is 5.17 Å². The summed E-state index contributed by atoms with van der Waals surface area (Å²) in [6, 6.07) is 0.583. The Balaban J connectivity index is 1.71. The van der Waals surface area contributed by atoms with Crippen LogP contribution in [0.25, 0.3) is 0 Å². The Labute approximate surface area is 109 Å². The van der Waals surface area contributed by atoms with Crippen LogP contribution in [-0.4, -0.2) is 47.5 Å². The summed E-state index contributed by atoms with van der Waals surface area (Å²) in [5.41, 5.74) is 0. The molecule has 0 aromatic heterocycles. The van der Waals surface area contributed by atoms with Crippen molar-refractivity contribution in [2.24, 2.45) is 4.99 Å². The Morgan fingerprint density at radius 2 is 2.06 bits per heavy atom. The van der Waals surface area contributed by atoms with Crippen molar-refractivity contribution in [3.05, 3.63) is 0 Å². The van der Waals surface area contributed by atoms with E-state index in [2.05, 4.69) is 24.1 Å². The molecule has 2 aliphatic heterocycles. The molecule has 3 nitrogen and oxygen atoms in total. The second-order valence-corrected chi connectivity index (χ2v) is 6.73. The SMILES string of the molecule is CC1CC(C)SC(=NCCN2CCCCC2)N1. The van der Waals surface area contributed by atoms with Gasteiger partial charge in [-0.1, -0.05) is 25.1 Å². The summed E-state index contributed by atoms with van der Waals surface area (Å²) in [5, 5.41) is 5.35. The maximum atomic E-state index is 4.70. The molecule has 2 saturated heterocycles. The zero-order valence-electron chi connectivity index (χ0n) is 11.1. The number of thioether (sulfide) groups is 1. The Morgan fingerprint density at radius 3 is 2.76 bits per heavy atom. The predicted molar refractivity (Wildman–Crippen MR) is 76.9 cm³/mol. The van der Waals surface area contributed by atoms with E-state index in [1.807, 2.05) is 11.8 Å². The summed E-state index contributed by atoms with van der Waals surface area (Å²) >= 11 is 1.90. The predicted octanol–water partition coefficient (Wildman–Crippen LogP) is 2.33. The van der Waals surface area contributed by atoms with Crippen LogP contribution >= 0.6 is 11.8 Å². The zero-order chi connectivity index (χ0) is 12.1. The number of hydrogen-bond donors (Lipinski definition) is 1. The van der Waals surface area contributed by atoms with Gasteiger partial charge in [0.2, 0.25) is 0 Å². The summed E-state index contributed by atoms with van der Waals surface area (Å²) in [5.74, 6) is 0. The number of amidine groups is 1. The lowest BCUT2D eigenvalue weighted by Gasteiger charge is -2.28. The molecule has 2 rings (SSSR count). The summed E-state index contributed by atoms with van der Waals surface area (Å²) in [4.78, 5) is 7.25. The van der Waals surface area contributed by atoms with Gasteiger partial charge in [-0.05, 0) is 39.3 Å². The van der Waals surface area contributed by atoms with Gasteiger partial charge in [-0.3, -0.25) is 4.99 Å². The van der Waals surface area contributed by atoms with Crippen molar-refractivity contribution in [2.45, 2.75) is 50.8 Å². The Morgan fingerprint density at radius 1 is 1.29 bits per heavy atom. The second kappa shape index (κ2) is 6.64. The van der Waals surface area contributed by atoms with Gasteiger partial charge in [-0.2, -0.15) is 0 Å². The van der Waals surface area contributed by atoms with Crippen LogP contribution in [0, 0.1) is 0 Å². The zero-order valence-corrected chi connectivity index (χ0v) is 11.9. The molecule has 2 heterocycles. The number of nitrogens with one attached hydrogen (secondary N) is 1. The van der Waals surface area contributed by atoms with Gasteiger partial charge in [0.25, 0.3) is 0 Å². The Kier molecular flexibility index (Phi) is 5.16. The Hall–Kier alpha value is -0.220. The van der Waals surface area contributed by atoms with Crippen molar-refractivity contribution in [3.8, 4) is 0 Å². The molecule has 0 spiro atoms. The lowest BCUT2D eigenvalue weighted by Crippen LogP contribution is -2.39. The van der Waals surface area contributed by atoms with E-state index >= 15 is 0 Å². The number of piperidine rings is 1. The van der Waals surface area contributed by atoms with Crippen LogP contribution in [0.3, 0.4) is 0 Å². The van der Waals surface area contributed by atoms with Gasteiger partial charge < -0.3 is 10.2 Å². The summed E-state index contributed by atoms with van der Waals surface area (Å²) < 4.78 is 0. The summed E-state index contributed by atoms with van der Waals surface area (Å²) in [6.07, 6.45) is 5.41. The van der Waals surface area contributed by atoms with Crippen molar-refractivity contribution in [1.29, 1.82) is 0 Å². The van der Waals surface area contributed by atoms with Crippen molar-refractivity contribution in [3.63, 3.8) is 0 Å². The fourth-order valence-corrected chi connectivity index (χ4v) is 3.80. The van der Waals surface area contributed by atoms with E-state index < -0.39 is 0 Å². The van der Waals surface area contributed by atoms with Crippen LogP contribution in [0.1, 0.15) is 39.5 Å². The van der Waals surface area contributed by atoms with E-state index in [9.17, 15) is 0 Å². The first-order chi connectivity index (χ1) is 8.24. The van der Waals surface area contributed by atoms with Crippen molar-refractivity contribution in [2.75, 3.05) is 26.2 Å². The van der Waals surface area contributed by atoms with E-state index in [1.165, 1.54) is 38.8 Å². The van der Waals surface area contributed by atoms with Crippen LogP contribution in [-0.2, 0) is 0 Å². The molecular weight excluding hydrogens is 230 g/mol. The largest absolute Gasteiger partial charge is 0.362 e. The lowest BCUT2D eigenvalue weighted by atomic mass is 10.1. The first-order valence-electron chi connectivity index (χ1n) is 6.94. The van der Waals surface area contributed by atoms with Crippen LogP contribution in [0.15, 0.2) is 4.99 Å². The molecule has 17 heavy (non-hydrogen) atoms. The summed E-state index contributed by atoms with van der Waals surface area (Å²) in [7, 11) is 0. The van der Waals surface area contributed by atoms with E-state index in [0.29, 0.717) is 11.3 Å². The van der Waals surface area contributed by atoms with Gasteiger partial charge in [-0.15, -0.1) is 0 Å². The highest BCUT2D eigenvalue weighted by Crippen LogP contribution is 2.22. The highest BCUT2D eigenvalue weighted by Gasteiger charge is 2.19. The fraction of sp³-hybridized carbons (Fsp3) is 0.923. The van der Waals surface area contributed by atoms with E-state index in [-0.39, 0.29) is 0 Å². The standard InChI is InChI=1S/C13H25N3S/c1-11-10-12(2)17-13(15-11)14-6-9-16-7-4-3-5-8-16/h11-12H,3-10H2,1-2H3,(H,14,15). The number of hydrogen-bond acceptors (Lipinski definition) is 3. The normalized spacial score (nSPS) is 33.6. The smallest absolute Gasteiger partial charge is 0.157 e. The Bertz CT molecular complexity index is 249. The van der Waals surface area contributed by atoms with Crippen molar-refractivity contribution < 1.29 is 0 Å². The van der Waals surface area contributed by atoms with E-state index in [1.54, 1.807) is 0 Å². The highest BCUT2D eigenvalue weighted by atomic mass is 32.2. The molecule has 0 saturated carbocycles. The highest BCUT2D eigenvalue weighted by molar-refractivity contribution is 8.14. The quantitative estimate of drug-likeness (QED) is 0.839. The molecule has 0 radical (unpaired) electrons. The van der Waals surface area contributed by atoms with Gasteiger partial charge in [0.05, 0.1) is 6.54 Å². The molecule has 2 fully saturated rings. The van der Waals surface area contributed by atoms with Gasteiger partial charge in [0, 0.05) is 17.8 Å². The average Bonchev–Trinajstić information content (AvgIpc) is 2.29. The number of likely N-dealkylation sites (tertiary alicyclic amines) is 1. The third-order valence-corrected chi connectivity index (χ3v) is 4.55. The topological polar surface area (TPSA) is 27.6 Å². The third-order valence-electron chi connectivity index (χ3n) is 3.49. The minimum absolute atomic E-state index is 0.583. The molecule has 2 aliphatic rings. The first-order valence-corrected chi connectivity index (χ1v) is 7.82. The van der Waals surface area contributed by atoms with E-state index in [0.717, 1.165) is 18.3 Å². The molecule has 2 atom stereocenters. The van der Waals surface area contributed by atoms with Crippen LogP contribution in [0.4, 0.5) is 0 Å². The van der Waals surface area contributed by atoms with Gasteiger partial charge in [0.1, 0.15) is 0 Å². The monoisotopic (exact) mass is 255 g/mol. The van der Waals surface area contributed by atoms with Gasteiger partial charge in [-0.25, -0.2) is 0 Å². The molecule has 0 aliphatic carbocycles. The van der Waals surface area contributed by atoms with Crippen LogP contribution in [0.5, 0.6) is 0 Å². The fourth-order valence-electron chi connectivity index (χ4n) is 2.60. The minimum Gasteiger partial charge on any atom is -0.362 e. The van der Waals surface area contributed by atoms with Crippen molar-refractivity contribution in [1.82, 2.24) is 10.2 Å². The van der Waals surface area contributed by atoms with Crippen LogP contribution in [0.2, 0.25) is 0 Å². The van der Waals surface area contributed by atoms with Gasteiger partial charge >= 0.3 is 0 Å². The summed E-state index contributed by atoms with van der Waals surface area (Å²) in [6.45, 7) is 9.18. The number of nitrogens with zero attached hydrogens (tertiary/aromatic N) is 2. The third kappa shape index (κ3) is 4.51. The molecule has 98 valence electrons. The second-order valence-electron chi connectivity index (χ2n) is 5.30. The lowest BCUT2D eigenvalue weighted by molar-refractivity contribution is 0.235. The average molecular weight is 255 g/mol. The maximum absolute atomic E-state index is 4.70. The molecule has 4 heteroatoms. The molecule has 0 aromatic rings. The number of rotatable bonds is 3. The molecule has 2 unspecified atom stereocenters. The molecule has 0 bridgehead atoms. The molecule has 0 amide bonds. The van der Waals surface area contributed by atoms with Crippen LogP contribution < -0.4 is 5.32 Å². The van der Waals surface area contributed by atoms with E-state index in [4.69, 9.17) is 4.99 Å². The minimum atomic E-state index is 0.583. The molecule has 1 N–H and O–H groups in total.